The van der Waals surface area contributed by atoms with Crippen molar-refractivity contribution in [1.82, 2.24) is 10.2 Å². The maximum absolute atomic E-state index is 5.88. The first kappa shape index (κ1) is 13.8. The van der Waals surface area contributed by atoms with Gasteiger partial charge in [-0.2, -0.15) is 0 Å². The van der Waals surface area contributed by atoms with E-state index in [0.29, 0.717) is 11.6 Å². The van der Waals surface area contributed by atoms with Crippen LogP contribution in [0, 0.1) is 0 Å². The summed E-state index contributed by atoms with van der Waals surface area (Å²) in [5.74, 6) is 0.741. The monoisotopic (exact) mass is 346 g/mol. The number of rotatable bonds is 5. The third kappa shape index (κ3) is 3.67. The second kappa shape index (κ2) is 6.50. The number of hydrogen-bond donors (Lipinski definition) is 0. The lowest BCUT2D eigenvalue weighted by atomic mass is 10.3. The second-order valence-corrected chi connectivity index (χ2v) is 6.29. The average Bonchev–Trinajstić information content (AvgIpc) is 2.84. The molecule has 1 aromatic heterocycles. The van der Waals surface area contributed by atoms with Gasteiger partial charge in [-0.25, -0.2) is 0 Å². The molecule has 0 N–H and O–H groups in total. The quantitative estimate of drug-likeness (QED) is 0.740. The number of benzene rings is 1. The SMILES string of the molecule is CCC(Br)c1nnc(COc2cccc(Cl)c2)s1. The van der Waals surface area contributed by atoms with Crippen molar-refractivity contribution in [2.75, 3.05) is 0 Å². The Kier molecular flexibility index (Phi) is 4.97. The Hall–Kier alpha value is -0.650. The van der Waals surface area contributed by atoms with Crippen LogP contribution in [0.3, 0.4) is 0 Å². The fourth-order valence-corrected chi connectivity index (χ4v) is 2.70. The fraction of sp³-hybridized carbons (Fsp3) is 0.333. The molecule has 0 spiro atoms. The molecule has 0 radical (unpaired) electrons. The molecule has 0 fully saturated rings. The highest BCUT2D eigenvalue weighted by Gasteiger charge is 2.11. The van der Waals surface area contributed by atoms with Crippen LogP contribution < -0.4 is 4.74 Å². The summed E-state index contributed by atoms with van der Waals surface area (Å²) in [5, 5.41) is 10.8. The predicted octanol–water partition coefficient (Wildman–Crippen LogP) is 4.62. The van der Waals surface area contributed by atoms with Gasteiger partial charge in [0.15, 0.2) is 5.01 Å². The molecule has 1 aromatic carbocycles. The summed E-state index contributed by atoms with van der Waals surface area (Å²) in [6.07, 6.45) is 0.990. The normalized spacial score (nSPS) is 12.4. The first-order chi connectivity index (χ1) is 8.69. The summed E-state index contributed by atoms with van der Waals surface area (Å²) in [4.78, 5) is 0.273. The molecule has 0 aliphatic carbocycles. The molecular formula is C12H12BrClN2OS. The third-order valence-electron chi connectivity index (χ3n) is 2.27. The Bertz CT molecular complexity index is 520. The molecule has 3 nitrogen and oxygen atoms in total. The Morgan fingerprint density at radius 1 is 1.44 bits per heavy atom. The number of halogens is 2. The molecule has 6 heteroatoms. The fourth-order valence-electron chi connectivity index (χ4n) is 1.33. The third-order valence-corrected chi connectivity index (χ3v) is 4.90. The lowest BCUT2D eigenvalue weighted by Gasteiger charge is -2.03. The van der Waals surface area contributed by atoms with E-state index >= 15 is 0 Å². The summed E-state index contributed by atoms with van der Waals surface area (Å²) in [5.41, 5.74) is 0. The van der Waals surface area contributed by atoms with Crippen molar-refractivity contribution in [3.05, 3.63) is 39.3 Å². The molecule has 0 saturated carbocycles. The summed E-state index contributed by atoms with van der Waals surface area (Å²) < 4.78 is 5.61. The summed E-state index contributed by atoms with van der Waals surface area (Å²) >= 11 is 11.0. The van der Waals surface area contributed by atoms with Gasteiger partial charge in [0, 0.05) is 5.02 Å². The zero-order valence-corrected chi connectivity index (χ0v) is 12.9. The van der Waals surface area contributed by atoms with Gasteiger partial charge in [0.05, 0.1) is 4.83 Å². The predicted molar refractivity (Wildman–Crippen MR) is 77.7 cm³/mol. The van der Waals surface area contributed by atoms with Crippen molar-refractivity contribution < 1.29 is 4.74 Å². The van der Waals surface area contributed by atoms with Gasteiger partial charge in [-0.15, -0.1) is 10.2 Å². The van der Waals surface area contributed by atoms with E-state index in [2.05, 4.69) is 33.1 Å². The Balaban J connectivity index is 1.96. The van der Waals surface area contributed by atoms with Crippen LogP contribution in [0.25, 0.3) is 0 Å². The van der Waals surface area contributed by atoms with Crippen LogP contribution in [0.5, 0.6) is 5.75 Å². The van der Waals surface area contributed by atoms with Gasteiger partial charge in [-0.1, -0.05) is 51.9 Å². The van der Waals surface area contributed by atoms with Gasteiger partial charge >= 0.3 is 0 Å². The van der Waals surface area contributed by atoms with E-state index in [1.54, 1.807) is 17.4 Å². The van der Waals surface area contributed by atoms with Crippen molar-refractivity contribution in [3.63, 3.8) is 0 Å². The van der Waals surface area contributed by atoms with Crippen LogP contribution in [0.1, 0.15) is 28.2 Å². The Labute approximate surface area is 123 Å². The van der Waals surface area contributed by atoms with Crippen LogP contribution in [0.15, 0.2) is 24.3 Å². The minimum Gasteiger partial charge on any atom is -0.486 e. The Morgan fingerprint density at radius 3 is 3.00 bits per heavy atom. The number of hydrogen-bond acceptors (Lipinski definition) is 4. The number of aromatic nitrogens is 2. The van der Waals surface area contributed by atoms with E-state index in [0.717, 1.165) is 22.2 Å². The van der Waals surface area contributed by atoms with Crippen molar-refractivity contribution in [1.29, 1.82) is 0 Å². The van der Waals surface area contributed by atoms with E-state index in [9.17, 15) is 0 Å². The molecule has 1 atom stereocenters. The van der Waals surface area contributed by atoms with Gasteiger partial charge in [-0.3, -0.25) is 0 Å². The van der Waals surface area contributed by atoms with Crippen molar-refractivity contribution in [2.24, 2.45) is 0 Å². The zero-order valence-electron chi connectivity index (χ0n) is 9.77. The van der Waals surface area contributed by atoms with E-state index < -0.39 is 0 Å². The molecule has 0 amide bonds. The molecule has 96 valence electrons. The molecule has 0 saturated heterocycles. The molecule has 2 aromatic rings. The summed E-state index contributed by atoms with van der Waals surface area (Å²) in [6, 6.07) is 7.32. The lowest BCUT2D eigenvalue weighted by molar-refractivity contribution is 0.304. The minimum absolute atomic E-state index is 0.273. The standard InChI is InChI=1S/C12H12BrClN2OS/c1-2-10(13)12-16-15-11(18-12)7-17-9-5-3-4-8(14)6-9/h3-6,10H,2,7H2,1H3. The van der Waals surface area contributed by atoms with Gasteiger partial charge in [-0.05, 0) is 24.6 Å². The molecule has 0 aliphatic heterocycles. The van der Waals surface area contributed by atoms with Crippen LogP contribution in [-0.4, -0.2) is 10.2 Å². The van der Waals surface area contributed by atoms with Crippen molar-refractivity contribution >= 4 is 38.9 Å². The smallest absolute Gasteiger partial charge is 0.155 e. The van der Waals surface area contributed by atoms with Gasteiger partial charge in [0.25, 0.3) is 0 Å². The molecule has 18 heavy (non-hydrogen) atoms. The number of alkyl halides is 1. The molecule has 2 rings (SSSR count). The first-order valence-electron chi connectivity index (χ1n) is 5.53. The molecule has 0 aliphatic rings. The molecule has 1 unspecified atom stereocenters. The van der Waals surface area contributed by atoms with Crippen molar-refractivity contribution in [3.8, 4) is 5.75 Å². The van der Waals surface area contributed by atoms with Crippen LogP contribution in [0.4, 0.5) is 0 Å². The zero-order chi connectivity index (χ0) is 13.0. The van der Waals surface area contributed by atoms with E-state index in [1.807, 2.05) is 18.2 Å². The largest absolute Gasteiger partial charge is 0.486 e. The minimum atomic E-state index is 0.273. The highest BCUT2D eigenvalue weighted by molar-refractivity contribution is 9.09. The maximum Gasteiger partial charge on any atom is 0.155 e. The topological polar surface area (TPSA) is 35.0 Å². The van der Waals surface area contributed by atoms with Gasteiger partial charge in [0.1, 0.15) is 17.4 Å². The highest BCUT2D eigenvalue weighted by atomic mass is 79.9. The maximum atomic E-state index is 5.88. The number of nitrogens with zero attached hydrogens (tertiary/aromatic N) is 2. The molecular weight excluding hydrogens is 336 g/mol. The van der Waals surface area contributed by atoms with Gasteiger partial charge < -0.3 is 4.74 Å². The van der Waals surface area contributed by atoms with Gasteiger partial charge in [0.2, 0.25) is 0 Å². The summed E-state index contributed by atoms with van der Waals surface area (Å²) in [6.45, 7) is 2.52. The van der Waals surface area contributed by atoms with E-state index in [1.165, 1.54) is 0 Å². The van der Waals surface area contributed by atoms with Crippen LogP contribution in [0.2, 0.25) is 5.02 Å². The second-order valence-electron chi connectivity index (χ2n) is 3.66. The molecule has 1 heterocycles. The van der Waals surface area contributed by atoms with E-state index in [-0.39, 0.29) is 4.83 Å². The number of ether oxygens (including phenoxy) is 1. The summed E-state index contributed by atoms with van der Waals surface area (Å²) in [7, 11) is 0. The first-order valence-corrected chi connectivity index (χ1v) is 7.64. The van der Waals surface area contributed by atoms with Crippen molar-refractivity contribution in [2.45, 2.75) is 24.8 Å². The molecule has 0 bridgehead atoms. The van der Waals surface area contributed by atoms with Crippen LogP contribution >= 0.6 is 38.9 Å². The lowest BCUT2D eigenvalue weighted by Crippen LogP contribution is -1.94. The highest BCUT2D eigenvalue weighted by Crippen LogP contribution is 2.29. The van der Waals surface area contributed by atoms with E-state index in [4.69, 9.17) is 16.3 Å². The Morgan fingerprint density at radius 2 is 2.28 bits per heavy atom. The average molecular weight is 348 g/mol. The van der Waals surface area contributed by atoms with Crippen LogP contribution in [-0.2, 0) is 6.61 Å².